The topological polar surface area (TPSA) is 69.0 Å². The highest BCUT2D eigenvalue weighted by Gasteiger charge is 2.23. The summed E-state index contributed by atoms with van der Waals surface area (Å²) < 4.78 is 7.36. The van der Waals surface area contributed by atoms with Gasteiger partial charge in [0.05, 0.1) is 11.9 Å². The van der Waals surface area contributed by atoms with Crippen molar-refractivity contribution >= 4 is 17.7 Å². The van der Waals surface area contributed by atoms with Gasteiger partial charge in [0.25, 0.3) is 0 Å². The number of carbonyl (C=O) groups is 1. The molecule has 0 aliphatic heterocycles. The average molecular weight is 417 g/mol. The van der Waals surface area contributed by atoms with E-state index in [0.29, 0.717) is 25.6 Å². The lowest BCUT2D eigenvalue weighted by Crippen LogP contribution is -2.39. The molecule has 1 aromatic carbocycles. The summed E-state index contributed by atoms with van der Waals surface area (Å²) in [7, 11) is 1.69. The largest absolute Gasteiger partial charge is 0.383 e. The highest BCUT2D eigenvalue weighted by atomic mass is 32.2. The minimum Gasteiger partial charge on any atom is -0.383 e. The van der Waals surface area contributed by atoms with Crippen LogP contribution in [0.5, 0.6) is 0 Å². The molecular weight excluding hydrogens is 384 g/mol. The summed E-state index contributed by atoms with van der Waals surface area (Å²) in [5.41, 5.74) is 1.19. The summed E-state index contributed by atoms with van der Waals surface area (Å²) in [5.74, 6) is 0.986. The number of carbonyl (C=O) groups excluding carboxylic acids is 1. The van der Waals surface area contributed by atoms with Crippen molar-refractivity contribution < 1.29 is 9.53 Å². The van der Waals surface area contributed by atoms with E-state index in [9.17, 15) is 4.79 Å². The number of nitrogens with zero attached hydrogens (tertiary/aromatic N) is 3. The molecule has 1 fully saturated rings. The molecule has 29 heavy (non-hydrogen) atoms. The predicted octanol–water partition coefficient (Wildman–Crippen LogP) is 3.83. The quantitative estimate of drug-likeness (QED) is 0.497. The Hall–Kier alpha value is -1.86. The number of benzene rings is 1. The van der Waals surface area contributed by atoms with Crippen molar-refractivity contribution in [2.24, 2.45) is 0 Å². The van der Waals surface area contributed by atoms with Crippen LogP contribution in [0.25, 0.3) is 0 Å². The predicted molar refractivity (Wildman–Crippen MR) is 116 cm³/mol. The molecule has 3 rings (SSSR count). The molecule has 1 aromatic heterocycles. The van der Waals surface area contributed by atoms with E-state index < -0.39 is 0 Å². The van der Waals surface area contributed by atoms with E-state index in [-0.39, 0.29) is 11.2 Å². The van der Waals surface area contributed by atoms with Crippen LogP contribution in [-0.4, -0.2) is 45.7 Å². The second-order valence-corrected chi connectivity index (χ2v) is 8.97. The van der Waals surface area contributed by atoms with Gasteiger partial charge < -0.3 is 14.6 Å². The Morgan fingerprint density at radius 3 is 2.62 bits per heavy atom. The summed E-state index contributed by atoms with van der Waals surface area (Å²) in [6, 6.07) is 10.6. The highest BCUT2D eigenvalue weighted by Crippen LogP contribution is 2.24. The maximum atomic E-state index is 12.7. The number of nitrogens with one attached hydrogen (secondary N) is 1. The van der Waals surface area contributed by atoms with Gasteiger partial charge in [0.1, 0.15) is 5.82 Å². The van der Waals surface area contributed by atoms with Crippen molar-refractivity contribution in [1.29, 1.82) is 0 Å². The zero-order valence-corrected chi connectivity index (χ0v) is 18.3. The third-order valence-corrected chi connectivity index (χ3v) is 6.45. The molecule has 1 atom stereocenters. The van der Waals surface area contributed by atoms with Gasteiger partial charge in [-0.3, -0.25) is 4.79 Å². The van der Waals surface area contributed by atoms with Crippen molar-refractivity contribution in [3.63, 3.8) is 0 Å². The molecule has 6 nitrogen and oxygen atoms in total. The van der Waals surface area contributed by atoms with Gasteiger partial charge in [-0.25, -0.2) is 0 Å². The number of methoxy groups -OCH3 is 1. The number of rotatable bonds is 9. The summed E-state index contributed by atoms with van der Waals surface area (Å²) in [6.07, 6.45) is 7.87. The molecule has 1 heterocycles. The second-order valence-electron chi connectivity index (χ2n) is 7.66. The van der Waals surface area contributed by atoms with E-state index in [4.69, 9.17) is 4.74 Å². The van der Waals surface area contributed by atoms with Crippen LogP contribution >= 0.6 is 11.8 Å². The SMILES string of the molecule is COCCn1c(Cc2ccccc2)nnc1S[C@@H](C)C(=O)NC1CCCCCC1. The monoisotopic (exact) mass is 416 g/mol. The molecule has 1 aliphatic carbocycles. The van der Waals surface area contributed by atoms with E-state index in [0.717, 1.165) is 23.8 Å². The van der Waals surface area contributed by atoms with Gasteiger partial charge in [-0.05, 0) is 25.3 Å². The Morgan fingerprint density at radius 2 is 1.93 bits per heavy atom. The van der Waals surface area contributed by atoms with Crippen molar-refractivity contribution in [3.8, 4) is 0 Å². The Balaban J connectivity index is 1.65. The van der Waals surface area contributed by atoms with Gasteiger partial charge >= 0.3 is 0 Å². The summed E-state index contributed by atoms with van der Waals surface area (Å²) in [4.78, 5) is 12.7. The summed E-state index contributed by atoms with van der Waals surface area (Å²) in [6.45, 7) is 3.20. The van der Waals surface area contributed by atoms with Crippen LogP contribution in [0.2, 0.25) is 0 Å². The smallest absolute Gasteiger partial charge is 0.233 e. The van der Waals surface area contributed by atoms with Crippen LogP contribution in [0.4, 0.5) is 0 Å². The Kier molecular flexibility index (Phi) is 8.55. The van der Waals surface area contributed by atoms with Gasteiger partial charge in [0.2, 0.25) is 5.91 Å². The zero-order valence-electron chi connectivity index (χ0n) is 17.5. The highest BCUT2D eigenvalue weighted by molar-refractivity contribution is 8.00. The molecule has 0 saturated heterocycles. The van der Waals surface area contributed by atoms with Gasteiger partial charge in [-0.2, -0.15) is 0 Å². The molecule has 1 aliphatic rings. The van der Waals surface area contributed by atoms with E-state index >= 15 is 0 Å². The molecule has 0 unspecified atom stereocenters. The van der Waals surface area contributed by atoms with E-state index in [2.05, 4.69) is 32.2 Å². The molecule has 0 spiro atoms. The van der Waals surface area contributed by atoms with Crippen molar-refractivity contribution in [1.82, 2.24) is 20.1 Å². The molecule has 1 N–H and O–H groups in total. The van der Waals surface area contributed by atoms with Crippen LogP contribution in [-0.2, 0) is 22.5 Å². The first-order valence-corrected chi connectivity index (χ1v) is 11.5. The normalized spacial score (nSPS) is 16.3. The van der Waals surface area contributed by atoms with Crippen molar-refractivity contribution in [3.05, 3.63) is 41.7 Å². The minimum atomic E-state index is -0.215. The summed E-state index contributed by atoms with van der Waals surface area (Å²) in [5, 5.41) is 12.6. The summed E-state index contributed by atoms with van der Waals surface area (Å²) >= 11 is 1.48. The maximum Gasteiger partial charge on any atom is 0.233 e. The van der Waals surface area contributed by atoms with Gasteiger partial charge in [0.15, 0.2) is 5.16 Å². The lowest BCUT2D eigenvalue weighted by molar-refractivity contribution is -0.121. The average Bonchev–Trinajstić information content (AvgIpc) is 2.92. The Labute approximate surface area is 177 Å². The second kappa shape index (κ2) is 11.4. The Bertz CT molecular complexity index is 757. The number of hydrogen-bond acceptors (Lipinski definition) is 5. The number of aromatic nitrogens is 3. The number of ether oxygens (including phenoxy) is 1. The van der Waals surface area contributed by atoms with Crippen LogP contribution in [0.3, 0.4) is 0 Å². The molecule has 1 saturated carbocycles. The standard InChI is InChI=1S/C22H32N4O2S/c1-17(21(27)23-19-12-8-3-4-9-13-19)29-22-25-24-20(26(22)14-15-28-2)16-18-10-6-5-7-11-18/h5-7,10-11,17,19H,3-4,8-9,12-16H2,1-2H3,(H,23,27)/t17-/m0/s1. The van der Waals surface area contributed by atoms with E-state index in [1.165, 1.54) is 43.0 Å². The molecule has 0 radical (unpaired) electrons. The number of thioether (sulfide) groups is 1. The first kappa shape index (κ1) is 21.8. The van der Waals surface area contributed by atoms with Gasteiger partial charge in [0, 0.05) is 26.1 Å². The number of hydrogen-bond donors (Lipinski definition) is 1. The van der Waals surface area contributed by atoms with Crippen LogP contribution in [0.1, 0.15) is 56.8 Å². The molecule has 158 valence electrons. The molecular formula is C22H32N4O2S. The Morgan fingerprint density at radius 1 is 1.21 bits per heavy atom. The zero-order chi connectivity index (χ0) is 20.5. The lowest BCUT2D eigenvalue weighted by Gasteiger charge is -2.19. The molecule has 7 heteroatoms. The first-order chi connectivity index (χ1) is 14.2. The van der Waals surface area contributed by atoms with Gasteiger partial charge in [-0.1, -0.05) is 67.8 Å². The van der Waals surface area contributed by atoms with Crippen LogP contribution < -0.4 is 5.32 Å². The maximum absolute atomic E-state index is 12.7. The fourth-order valence-electron chi connectivity index (χ4n) is 3.68. The molecule has 1 amide bonds. The van der Waals surface area contributed by atoms with Crippen molar-refractivity contribution in [2.45, 2.75) is 74.9 Å². The molecule has 2 aromatic rings. The third-order valence-electron chi connectivity index (χ3n) is 5.37. The van der Waals surface area contributed by atoms with E-state index in [1.54, 1.807) is 7.11 Å². The fraction of sp³-hybridized carbons (Fsp3) is 0.591. The third kappa shape index (κ3) is 6.57. The van der Waals surface area contributed by atoms with Crippen LogP contribution in [0, 0.1) is 0 Å². The minimum absolute atomic E-state index is 0.0906. The number of amides is 1. The van der Waals surface area contributed by atoms with Crippen molar-refractivity contribution in [2.75, 3.05) is 13.7 Å². The molecule has 0 bridgehead atoms. The first-order valence-electron chi connectivity index (χ1n) is 10.6. The van der Waals surface area contributed by atoms with Gasteiger partial charge in [-0.15, -0.1) is 10.2 Å². The van der Waals surface area contributed by atoms with E-state index in [1.807, 2.05) is 25.1 Å². The lowest BCUT2D eigenvalue weighted by atomic mass is 10.1. The fourth-order valence-corrected chi connectivity index (χ4v) is 4.58. The van der Waals surface area contributed by atoms with Crippen LogP contribution in [0.15, 0.2) is 35.5 Å².